The van der Waals surface area contributed by atoms with E-state index in [2.05, 4.69) is 17.1 Å². The summed E-state index contributed by atoms with van der Waals surface area (Å²) in [6, 6.07) is 15.5. The molecule has 1 N–H and O–H groups in total. The van der Waals surface area contributed by atoms with E-state index < -0.39 is 0 Å². The van der Waals surface area contributed by atoms with Crippen LogP contribution in [0.4, 0.5) is 0 Å². The van der Waals surface area contributed by atoms with E-state index in [0.717, 1.165) is 11.0 Å². The zero-order valence-corrected chi connectivity index (χ0v) is 12.3. The maximum absolute atomic E-state index is 11.6. The van der Waals surface area contributed by atoms with Crippen molar-refractivity contribution < 1.29 is 9.53 Å². The number of carbonyl (C=O) groups is 1. The van der Waals surface area contributed by atoms with Crippen molar-refractivity contribution >= 4 is 29.2 Å². The second-order valence-electron chi connectivity index (χ2n) is 4.73. The Kier molecular flexibility index (Phi) is 3.58. The van der Waals surface area contributed by atoms with Crippen LogP contribution in [-0.4, -0.2) is 22.6 Å². The molecule has 0 spiro atoms. The number of nitrogens with zero attached hydrogens (tertiary/aromatic N) is 1. The molecular weight excluding hydrogens is 284 g/mol. The van der Waals surface area contributed by atoms with E-state index in [0.29, 0.717) is 16.9 Å². The molecule has 0 aliphatic heterocycles. The number of hydrogen-bond donors (Lipinski definition) is 1. The molecule has 0 unspecified atom stereocenters. The molecule has 21 heavy (non-hydrogen) atoms. The average Bonchev–Trinajstić information content (AvgIpc) is 2.82. The highest BCUT2D eigenvalue weighted by atomic mass is 32.1. The van der Waals surface area contributed by atoms with Crippen molar-refractivity contribution in [1.29, 1.82) is 0 Å². The lowest BCUT2D eigenvalue weighted by Crippen LogP contribution is -2.02. The van der Waals surface area contributed by atoms with Gasteiger partial charge in [0.25, 0.3) is 0 Å². The Morgan fingerprint density at radius 1 is 1.24 bits per heavy atom. The quantitative estimate of drug-likeness (QED) is 0.594. The van der Waals surface area contributed by atoms with Crippen molar-refractivity contribution in [2.45, 2.75) is 6.54 Å². The molecule has 0 bridgehead atoms. The first-order valence-electron chi connectivity index (χ1n) is 6.54. The van der Waals surface area contributed by atoms with E-state index in [9.17, 15) is 4.79 Å². The summed E-state index contributed by atoms with van der Waals surface area (Å²) in [6.45, 7) is 0.692. The number of esters is 1. The van der Waals surface area contributed by atoms with Crippen molar-refractivity contribution in [3.05, 3.63) is 64.4 Å². The third-order valence-corrected chi connectivity index (χ3v) is 3.70. The monoisotopic (exact) mass is 298 g/mol. The smallest absolute Gasteiger partial charge is 0.337 e. The van der Waals surface area contributed by atoms with E-state index >= 15 is 0 Å². The minimum absolute atomic E-state index is 0.355. The van der Waals surface area contributed by atoms with Gasteiger partial charge in [-0.15, -0.1) is 0 Å². The highest BCUT2D eigenvalue weighted by molar-refractivity contribution is 7.71. The normalized spacial score (nSPS) is 10.7. The van der Waals surface area contributed by atoms with Gasteiger partial charge in [-0.05, 0) is 36.0 Å². The van der Waals surface area contributed by atoms with Gasteiger partial charge in [-0.25, -0.2) is 4.79 Å². The van der Waals surface area contributed by atoms with E-state index in [1.165, 1.54) is 12.7 Å². The highest BCUT2D eigenvalue weighted by Crippen LogP contribution is 2.18. The SMILES string of the molecule is COC(=O)c1ccc2c(c1)[nH]c(=S)n2Cc1ccccc1. The number of aromatic nitrogens is 2. The molecule has 1 heterocycles. The molecule has 0 radical (unpaired) electrons. The van der Waals surface area contributed by atoms with Gasteiger partial charge in [-0.1, -0.05) is 30.3 Å². The molecule has 4 nitrogen and oxygen atoms in total. The number of nitrogens with one attached hydrogen (secondary N) is 1. The first-order valence-corrected chi connectivity index (χ1v) is 6.94. The Labute approximate surface area is 127 Å². The molecule has 3 rings (SSSR count). The van der Waals surface area contributed by atoms with Crippen LogP contribution in [0.1, 0.15) is 15.9 Å². The van der Waals surface area contributed by atoms with E-state index in [-0.39, 0.29) is 5.97 Å². The molecule has 0 amide bonds. The van der Waals surface area contributed by atoms with Crippen LogP contribution in [-0.2, 0) is 11.3 Å². The van der Waals surface area contributed by atoms with Gasteiger partial charge >= 0.3 is 5.97 Å². The number of hydrogen-bond acceptors (Lipinski definition) is 3. The standard InChI is InChI=1S/C16H14N2O2S/c1-20-15(19)12-7-8-14-13(9-12)17-16(21)18(14)10-11-5-3-2-4-6-11/h2-9H,10H2,1H3,(H,17,21). The molecule has 0 fully saturated rings. The predicted octanol–water partition coefficient (Wildman–Crippen LogP) is 3.53. The number of benzene rings is 2. The second-order valence-corrected chi connectivity index (χ2v) is 5.11. The zero-order valence-electron chi connectivity index (χ0n) is 11.5. The van der Waals surface area contributed by atoms with Crippen LogP contribution in [0, 0.1) is 4.77 Å². The van der Waals surface area contributed by atoms with Crippen molar-refractivity contribution in [3.8, 4) is 0 Å². The number of methoxy groups -OCH3 is 1. The Morgan fingerprint density at radius 3 is 2.71 bits per heavy atom. The fourth-order valence-electron chi connectivity index (χ4n) is 2.33. The van der Waals surface area contributed by atoms with E-state index in [1.54, 1.807) is 12.1 Å². The van der Waals surface area contributed by atoms with Gasteiger partial charge in [-0.3, -0.25) is 0 Å². The number of aromatic amines is 1. The summed E-state index contributed by atoms with van der Waals surface area (Å²) in [5.74, 6) is -0.355. The van der Waals surface area contributed by atoms with Gasteiger partial charge in [0.1, 0.15) is 0 Å². The van der Waals surface area contributed by atoms with E-state index in [4.69, 9.17) is 17.0 Å². The molecule has 0 atom stereocenters. The molecule has 0 aliphatic rings. The largest absolute Gasteiger partial charge is 0.465 e. The van der Waals surface area contributed by atoms with Gasteiger partial charge < -0.3 is 14.3 Å². The first-order chi connectivity index (χ1) is 10.2. The van der Waals surface area contributed by atoms with Crippen molar-refractivity contribution in [3.63, 3.8) is 0 Å². The number of fused-ring (bicyclic) bond motifs is 1. The van der Waals surface area contributed by atoms with Gasteiger partial charge in [0.05, 0.1) is 30.3 Å². The van der Waals surface area contributed by atoms with Gasteiger partial charge in [-0.2, -0.15) is 0 Å². The topological polar surface area (TPSA) is 47.0 Å². The average molecular weight is 298 g/mol. The molecule has 5 heteroatoms. The summed E-state index contributed by atoms with van der Waals surface area (Å²) in [4.78, 5) is 14.7. The number of H-pyrrole nitrogens is 1. The summed E-state index contributed by atoms with van der Waals surface area (Å²) in [5.41, 5.74) is 3.48. The molecule has 2 aromatic carbocycles. The number of imidazole rings is 1. The van der Waals surface area contributed by atoms with Crippen LogP contribution in [0.25, 0.3) is 11.0 Å². The Hall–Kier alpha value is -2.40. The van der Waals surface area contributed by atoms with Crippen molar-refractivity contribution in [2.75, 3.05) is 7.11 Å². The highest BCUT2D eigenvalue weighted by Gasteiger charge is 2.10. The maximum Gasteiger partial charge on any atom is 0.337 e. The summed E-state index contributed by atoms with van der Waals surface area (Å²) in [5, 5.41) is 0. The van der Waals surface area contributed by atoms with Gasteiger partial charge in [0.2, 0.25) is 0 Å². The Bertz CT molecular complexity index is 850. The lowest BCUT2D eigenvalue weighted by molar-refractivity contribution is 0.0601. The van der Waals surface area contributed by atoms with Crippen LogP contribution < -0.4 is 0 Å². The second kappa shape index (κ2) is 5.54. The minimum Gasteiger partial charge on any atom is -0.465 e. The lowest BCUT2D eigenvalue weighted by atomic mass is 10.2. The third-order valence-electron chi connectivity index (χ3n) is 3.38. The molecular formula is C16H14N2O2S. The molecule has 0 aliphatic carbocycles. The van der Waals surface area contributed by atoms with Gasteiger partial charge in [0.15, 0.2) is 4.77 Å². The van der Waals surface area contributed by atoms with Crippen LogP contribution >= 0.6 is 12.2 Å². The van der Waals surface area contributed by atoms with Crippen molar-refractivity contribution in [2.24, 2.45) is 0 Å². The number of rotatable bonds is 3. The Morgan fingerprint density at radius 2 is 2.00 bits per heavy atom. The Balaban J connectivity index is 2.06. The van der Waals surface area contributed by atoms with Crippen LogP contribution in [0.15, 0.2) is 48.5 Å². The summed E-state index contributed by atoms with van der Waals surface area (Å²) >= 11 is 5.38. The zero-order chi connectivity index (χ0) is 14.8. The molecule has 3 aromatic rings. The fourth-order valence-corrected chi connectivity index (χ4v) is 2.60. The summed E-state index contributed by atoms with van der Waals surface area (Å²) < 4.78 is 7.38. The number of ether oxygens (including phenoxy) is 1. The third kappa shape index (κ3) is 2.60. The van der Waals surface area contributed by atoms with Gasteiger partial charge in [0, 0.05) is 0 Å². The van der Waals surface area contributed by atoms with E-state index in [1.807, 2.05) is 28.8 Å². The summed E-state index contributed by atoms with van der Waals surface area (Å²) in [7, 11) is 1.37. The first kappa shape index (κ1) is 13.6. The minimum atomic E-state index is -0.355. The fraction of sp³-hybridized carbons (Fsp3) is 0.125. The molecule has 0 saturated heterocycles. The number of carbonyl (C=O) groups excluding carboxylic acids is 1. The lowest BCUT2D eigenvalue weighted by Gasteiger charge is -2.05. The molecule has 106 valence electrons. The summed E-state index contributed by atoms with van der Waals surface area (Å²) in [6.07, 6.45) is 0. The van der Waals surface area contributed by atoms with Crippen LogP contribution in [0.3, 0.4) is 0 Å². The maximum atomic E-state index is 11.6. The molecule has 1 aromatic heterocycles. The molecule has 0 saturated carbocycles. The van der Waals surface area contributed by atoms with Crippen LogP contribution in [0.5, 0.6) is 0 Å². The predicted molar refractivity (Wildman–Crippen MR) is 84.0 cm³/mol. The van der Waals surface area contributed by atoms with Crippen LogP contribution in [0.2, 0.25) is 0 Å². The van der Waals surface area contributed by atoms with Crippen molar-refractivity contribution in [1.82, 2.24) is 9.55 Å².